The van der Waals surface area contributed by atoms with Crippen molar-refractivity contribution in [3.05, 3.63) is 53.6 Å². The molecule has 0 aliphatic carbocycles. The normalized spacial score (nSPS) is 20.0. The molecular weight excluding hydrogens is 366 g/mol. The number of anilines is 2. The molecule has 4 rings (SSSR count). The van der Waals surface area contributed by atoms with Gasteiger partial charge in [-0.15, -0.1) is 11.8 Å². The highest BCUT2D eigenvalue weighted by molar-refractivity contribution is 8.01. The molecule has 0 bridgehead atoms. The first-order valence-corrected chi connectivity index (χ1v) is 11.1. The van der Waals surface area contributed by atoms with Crippen LogP contribution in [0.5, 0.6) is 0 Å². The smallest absolute Gasteiger partial charge is 0.237 e. The maximum absolute atomic E-state index is 12.5. The average Bonchev–Trinajstić information content (AvgIpc) is 2.70. The molecule has 1 saturated heterocycles. The minimum absolute atomic E-state index is 0.0307. The van der Waals surface area contributed by atoms with Crippen molar-refractivity contribution >= 4 is 29.0 Å². The zero-order chi connectivity index (χ0) is 19.5. The Hall–Kier alpha value is -1.98. The van der Waals surface area contributed by atoms with Gasteiger partial charge >= 0.3 is 0 Å². The summed E-state index contributed by atoms with van der Waals surface area (Å²) in [6, 6.07) is 15.1. The molecule has 2 aliphatic heterocycles. The first-order valence-electron chi connectivity index (χ1n) is 10.2. The van der Waals surface area contributed by atoms with Crippen LogP contribution < -0.4 is 10.2 Å². The highest BCUT2D eigenvalue weighted by Crippen LogP contribution is 2.39. The fraction of sp³-hybridized carbons (Fsp3) is 0.435. The second kappa shape index (κ2) is 8.58. The van der Waals surface area contributed by atoms with Gasteiger partial charge in [0.25, 0.3) is 0 Å². The van der Waals surface area contributed by atoms with E-state index in [9.17, 15) is 4.79 Å². The van der Waals surface area contributed by atoms with Gasteiger partial charge in [0.1, 0.15) is 0 Å². The third-order valence-corrected chi connectivity index (χ3v) is 7.08. The maximum atomic E-state index is 12.5. The average molecular weight is 396 g/mol. The lowest BCUT2D eigenvalue weighted by atomic mass is 10.1. The van der Waals surface area contributed by atoms with E-state index in [-0.39, 0.29) is 11.2 Å². The van der Waals surface area contributed by atoms with E-state index in [1.165, 1.54) is 16.1 Å². The number of para-hydroxylation sites is 1. The van der Waals surface area contributed by atoms with E-state index in [4.69, 9.17) is 0 Å². The van der Waals surface area contributed by atoms with Gasteiger partial charge in [-0.3, -0.25) is 9.69 Å². The van der Waals surface area contributed by atoms with E-state index < -0.39 is 0 Å². The van der Waals surface area contributed by atoms with Crippen LogP contribution in [0.15, 0.2) is 47.4 Å². The van der Waals surface area contributed by atoms with Crippen LogP contribution in [-0.2, 0) is 4.79 Å². The van der Waals surface area contributed by atoms with Crippen LogP contribution in [0.1, 0.15) is 24.0 Å². The van der Waals surface area contributed by atoms with Gasteiger partial charge in [-0.1, -0.05) is 29.8 Å². The molecule has 2 heterocycles. The second-order valence-electron chi connectivity index (χ2n) is 7.85. The number of amides is 1. The molecule has 1 atom stereocenters. The molecular formula is C23H29N3OS. The molecule has 1 N–H and O–H groups in total. The van der Waals surface area contributed by atoms with Gasteiger partial charge in [0, 0.05) is 36.8 Å². The number of nitrogens with zero attached hydrogens (tertiary/aromatic N) is 2. The zero-order valence-electron chi connectivity index (χ0n) is 16.8. The standard InChI is InChI=1S/C23H29N3OS/c1-17-8-10-19(11-9-17)26-15-13-25(14-16-26)12-4-7-21-23(27)24-22-18(2)5-3-6-20(22)28-21/h3,5-6,8-11,21H,4,7,12-16H2,1-2H3,(H,24,27). The molecule has 148 valence electrons. The quantitative estimate of drug-likeness (QED) is 0.818. The van der Waals surface area contributed by atoms with Crippen molar-refractivity contribution < 1.29 is 4.79 Å². The van der Waals surface area contributed by atoms with E-state index in [1.807, 2.05) is 0 Å². The Labute approximate surface area is 172 Å². The number of nitrogens with one attached hydrogen (secondary N) is 1. The number of benzene rings is 2. The maximum Gasteiger partial charge on any atom is 0.237 e. The lowest BCUT2D eigenvalue weighted by Gasteiger charge is -2.36. The topological polar surface area (TPSA) is 35.6 Å². The Morgan fingerprint density at radius 1 is 1.04 bits per heavy atom. The number of piperazine rings is 1. The van der Waals surface area contributed by atoms with Crippen molar-refractivity contribution in [3.63, 3.8) is 0 Å². The van der Waals surface area contributed by atoms with Gasteiger partial charge in [0.15, 0.2) is 0 Å². The number of aryl methyl sites for hydroxylation is 2. The minimum Gasteiger partial charge on any atom is -0.369 e. The molecule has 28 heavy (non-hydrogen) atoms. The van der Waals surface area contributed by atoms with Crippen molar-refractivity contribution in [3.8, 4) is 0 Å². The van der Waals surface area contributed by atoms with E-state index in [2.05, 4.69) is 71.4 Å². The Morgan fingerprint density at radius 3 is 2.54 bits per heavy atom. The summed E-state index contributed by atoms with van der Waals surface area (Å²) in [5, 5.41) is 3.15. The Bertz CT molecular complexity index is 828. The number of rotatable bonds is 5. The molecule has 0 saturated carbocycles. The lowest BCUT2D eigenvalue weighted by Crippen LogP contribution is -2.46. The van der Waals surface area contributed by atoms with Crippen LogP contribution in [0.25, 0.3) is 0 Å². The fourth-order valence-electron chi connectivity index (χ4n) is 3.99. The number of thioether (sulfide) groups is 1. The monoisotopic (exact) mass is 395 g/mol. The van der Waals surface area contributed by atoms with Crippen molar-refractivity contribution in [2.75, 3.05) is 42.9 Å². The fourth-order valence-corrected chi connectivity index (χ4v) is 5.23. The predicted octanol–water partition coefficient (Wildman–Crippen LogP) is 4.32. The molecule has 1 fully saturated rings. The number of carbonyl (C=O) groups excluding carboxylic acids is 1. The zero-order valence-corrected chi connectivity index (χ0v) is 17.6. The number of fused-ring (bicyclic) bond motifs is 1. The van der Waals surface area contributed by atoms with Crippen LogP contribution in [0, 0.1) is 13.8 Å². The minimum atomic E-state index is 0.0307. The molecule has 2 aromatic rings. The van der Waals surface area contributed by atoms with Crippen LogP contribution in [-0.4, -0.2) is 48.8 Å². The molecule has 0 radical (unpaired) electrons. The van der Waals surface area contributed by atoms with Crippen LogP contribution >= 0.6 is 11.8 Å². The van der Waals surface area contributed by atoms with E-state index in [1.54, 1.807) is 11.8 Å². The summed E-state index contributed by atoms with van der Waals surface area (Å²) in [6.07, 6.45) is 2.00. The molecule has 2 aliphatic rings. The number of hydrogen-bond acceptors (Lipinski definition) is 4. The molecule has 5 heteroatoms. The Morgan fingerprint density at radius 2 is 1.79 bits per heavy atom. The lowest BCUT2D eigenvalue weighted by molar-refractivity contribution is -0.116. The van der Waals surface area contributed by atoms with Crippen LogP contribution in [0.3, 0.4) is 0 Å². The first-order chi connectivity index (χ1) is 13.6. The molecule has 0 aromatic heterocycles. The molecule has 1 unspecified atom stereocenters. The van der Waals surface area contributed by atoms with Crippen molar-refractivity contribution in [1.82, 2.24) is 4.90 Å². The summed E-state index contributed by atoms with van der Waals surface area (Å²) < 4.78 is 0. The largest absolute Gasteiger partial charge is 0.369 e. The van der Waals surface area contributed by atoms with Gasteiger partial charge in [-0.25, -0.2) is 0 Å². The van der Waals surface area contributed by atoms with Crippen molar-refractivity contribution in [2.45, 2.75) is 36.8 Å². The third kappa shape index (κ3) is 4.36. The van der Waals surface area contributed by atoms with Crippen molar-refractivity contribution in [1.29, 1.82) is 0 Å². The SMILES string of the molecule is Cc1ccc(N2CCN(CCCC3Sc4cccc(C)c4NC3=O)CC2)cc1. The predicted molar refractivity (Wildman–Crippen MR) is 119 cm³/mol. The number of hydrogen-bond donors (Lipinski definition) is 1. The summed E-state index contributed by atoms with van der Waals surface area (Å²) >= 11 is 1.73. The van der Waals surface area contributed by atoms with Crippen LogP contribution in [0.4, 0.5) is 11.4 Å². The second-order valence-corrected chi connectivity index (χ2v) is 9.09. The van der Waals surface area contributed by atoms with E-state index >= 15 is 0 Å². The molecule has 2 aromatic carbocycles. The number of carbonyl (C=O) groups is 1. The summed E-state index contributed by atoms with van der Waals surface area (Å²) in [6.45, 7) is 9.61. The first kappa shape index (κ1) is 19.3. The van der Waals surface area contributed by atoms with Gasteiger partial charge in [-0.05, 0) is 57.0 Å². The summed E-state index contributed by atoms with van der Waals surface area (Å²) in [4.78, 5) is 18.7. The summed E-state index contributed by atoms with van der Waals surface area (Å²) in [7, 11) is 0. The van der Waals surface area contributed by atoms with E-state index in [0.717, 1.165) is 56.8 Å². The highest BCUT2D eigenvalue weighted by atomic mass is 32.2. The molecule has 1 amide bonds. The molecule has 0 spiro atoms. The van der Waals surface area contributed by atoms with Crippen LogP contribution in [0.2, 0.25) is 0 Å². The van der Waals surface area contributed by atoms with Crippen molar-refractivity contribution in [2.24, 2.45) is 0 Å². The highest BCUT2D eigenvalue weighted by Gasteiger charge is 2.27. The van der Waals surface area contributed by atoms with E-state index in [0.29, 0.717) is 0 Å². The Kier molecular flexibility index (Phi) is 5.93. The van der Waals surface area contributed by atoms with Gasteiger partial charge < -0.3 is 10.2 Å². The Balaban J connectivity index is 1.23. The third-order valence-electron chi connectivity index (χ3n) is 5.76. The van der Waals surface area contributed by atoms with Gasteiger partial charge in [-0.2, -0.15) is 0 Å². The summed E-state index contributed by atoms with van der Waals surface area (Å²) in [5.74, 6) is 0.163. The summed E-state index contributed by atoms with van der Waals surface area (Å²) in [5.41, 5.74) is 4.78. The molecule has 4 nitrogen and oxygen atoms in total. The van der Waals surface area contributed by atoms with Gasteiger partial charge in [0.05, 0.1) is 10.9 Å². The van der Waals surface area contributed by atoms with Gasteiger partial charge in [0.2, 0.25) is 5.91 Å².